The highest BCUT2D eigenvalue weighted by Gasteiger charge is 2.20. The SMILES string of the molecule is Cc1ccn(-c2cc(N3CCN(Cc4nc(C)no4)CC3)ncn2)n1. The molecular weight excluding hydrogens is 320 g/mol. The molecule has 0 amide bonds. The molecule has 3 aromatic heterocycles. The van der Waals surface area contributed by atoms with Crippen LogP contribution in [0.1, 0.15) is 17.4 Å². The van der Waals surface area contributed by atoms with Crippen molar-refractivity contribution in [2.75, 3.05) is 31.1 Å². The second-order valence-corrected chi connectivity index (χ2v) is 6.13. The van der Waals surface area contributed by atoms with Crippen molar-refractivity contribution in [3.05, 3.63) is 42.1 Å². The molecule has 0 aliphatic carbocycles. The third-order valence-corrected chi connectivity index (χ3v) is 4.22. The van der Waals surface area contributed by atoms with E-state index in [-0.39, 0.29) is 0 Å². The van der Waals surface area contributed by atoms with Crippen LogP contribution in [-0.4, -0.2) is 61.0 Å². The highest BCUT2D eigenvalue weighted by atomic mass is 16.5. The summed E-state index contributed by atoms with van der Waals surface area (Å²) in [5.74, 6) is 3.05. The number of piperazine rings is 1. The first-order valence-corrected chi connectivity index (χ1v) is 8.28. The minimum Gasteiger partial charge on any atom is -0.354 e. The molecule has 0 spiro atoms. The first kappa shape index (κ1) is 15.7. The van der Waals surface area contributed by atoms with E-state index in [1.165, 1.54) is 0 Å². The van der Waals surface area contributed by atoms with Crippen molar-refractivity contribution >= 4 is 5.82 Å². The number of aryl methyl sites for hydroxylation is 2. The smallest absolute Gasteiger partial charge is 0.240 e. The fourth-order valence-electron chi connectivity index (χ4n) is 2.91. The molecule has 0 N–H and O–H groups in total. The van der Waals surface area contributed by atoms with E-state index in [0.29, 0.717) is 18.3 Å². The van der Waals surface area contributed by atoms with Gasteiger partial charge in [0.2, 0.25) is 5.89 Å². The van der Waals surface area contributed by atoms with E-state index >= 15 is 0 Å². The summed E-state index contributed by atoms with van der Waals surface area (Å²) < 4.78 is 6.97. The van der Waals surface area contributed by atoms with Gasteiger partial charge in [0.25, 0.3) is 0 Å². The molecule has 1 fully saturated rings. The molecule has 1 aliphatic rings. The van der Waals surface area contributed by atoms with Crippen molar-refractivity contribution in [2.24, 2.45) is 0 Å². The van der Waals surface area contributed by atoms with Gasteiger partial charge in [0.15, 0.2) is 11.6 Å². The lowest BCUT2D eigenvalue weighted by atomic mass is 10.3. The van der Waals surface area contributed by atoms with Crippen molar-refractivity contribution in [3.63, 3.8) is 0 Å². The molecule has 0 aromatic carbocycles. The predicted octanol–water partition coefficient (Wildman–Crippen LogP) is 0.984. The summed E-state index contributed by atoms with van der Waals surface area (Å²) in [6, 6.07) is 3.93. The minimum absolute atomic E-state index is 0.671. The number of rotatable bonds is 4. The maximum atomic E-state index is 5.20. The Morgan fingerprint density at radius 3 is 2.56 bits per heavy atom. The number of nitrogens with zero attached hydrogens (tertiary/aromatic N) is 8. The molecule has 3 aromatic rings. The Balaban J connectivity index is 1.40. The lowest BCUT2D eigenvalue weighted by molar-refractivity contribution is 0.215. The van der Waals surface area contributed by atoms with E-state index in [9.17, 15) is 0 Å². The van der Waals surface area contributed by atoms with Gasteiger partial charge in [0.1, 0.15) is 12.1 Å². The van der Waals surface area contributed by atoms with Crippen LogP contribution < -0.4 is 4.90 Å². The monoisotopic (exact) mass is 340 g/mol. The standard InChI is InChI=1S/C16H20N8O/c1-12-3-4-24(20-12)15-9-14(17-11-18-15)23-7-5-22(6-8-23)10-16-19-13(2)21-25-16/h3-4,9,11H,5-8,10H2,1-2H3. The molecule has 4 heterocycles. The van der Waals surface area contributed by atoms with Crippen LogP contribution >= 0.6 is 0 Å². The maximum Gasteiger partial charge on any atom is 0.240 e. The van der Waals surface area contributed by atoms with Crippen LogP contribution in [0.5, 0.6) is 0 Å². The Bertz CT molecular complexity index is 849. The molecule has 0 bridgehead atoms. The minimum atomic E-state index is 0.671. The molecule has 25 heavy (non-hydrogen) atoms. The number of hydrogen-bond donors (Lipinski definition) is 0. The van der Waals surface area contributed by atoms with Crippen molar-refractivity contribution in [2.45, 2.75) is 20.4 Å². The first-order chi connectivity index (χ1) is 12.2. The highest BCUT2D eigenvalue weighted by Crippen LogP contribution is 2.16. The van der Waals surface area contributed by atoms with Crippen LogP contribution in [-0.2, 0) is 6.54 Å². The fourth-order valence-corrected chi connectivity index (χ4v) is 2.91. The van der Waals surface area contributed by atoms with Gasteiger partial charge in [0.05, 0.1) is 12.2 Å². The number of anilines is 1. The van der Waals surface area contributed by atoms with Gasteiger partial charge in [0, 0.05) is 38.4 Å². The molecule has 130 valence electrons. The van der Waals surface area contributed by atoms with E-state index in [1.54, 1.807) is 11.0 Å². The van der Waals surface area contributed by atoms with Gasteiger partial charge >= 0.3 is 0 Å². The van der Waals surface area contributed by atoms with E-state index in [1.807, 2.05) is 32.2 Å². The number of hydrogen-bond acceptors (Lipinski definition) is 8. The molecule has 9 nitrogen and oxygen atoms in total. The van der Waals surface area contributed by atoms with Crippen molar-refractivity contribution in [3.8, 4) is 5.82 Å². The zero-order valence-corrected chi connectivity index (χ0v) is 14.3. The Labute approximate surface area is 145 Å². The van der Waals surface area contributed by atoms with Gasteiger partial charge < -0.3 is 9.42 Å². The van der Waals surface area contributed by atoms with Crippen LogP contribution in [0.2, 0.25) is 0 Å². The van der Waals surface area contributed by atoms with Crippen molar-refractivity contribution < 1.29 is 4.52 Å². The third kappa shape index (κ3) is 3.50. The summed E-state index contributed by atoms with van der Waals surface area (Å²) >= 11 is 0. The van der Waals surface area contributed by atoms with Crippen LogP contribution in [0.3, 0.4) is 0 Å². The van der Waals surface area contributed by atoms with Crippen LogP contribution in [0, 0.1) is 13.8 Å². The molecule has 0 radical (unpaired) electrons. The first-order valence-electron chi connectivity index (χ1n) is 8.28. The zero-order chi connectivity index (χ0) is 17.2. The van der Waals surface area contributed by atoms with Gasteiger partial charge in [-0.1, -0.05) is 5.16 Å². The molecule has 9 heteroatoms. The van der Waals surface area contributed by atoms with E-state index < -0.39 is 0 Å². The van der Waals surface area contributed by atoms with Crippen molar-refractivity contribution in [1.29, 1.82) is 0 Å². The molecule has 0 atom stereocenters. The highest BCUT2D eigenvalue weighted by molar-refractivity contribution is 5.43. The average molecular weight is 340 g/mol. The lowest BCUT2D eigenvalue weighted by Gasteiger charge is -2.34. The number of aromatic nitrogens is 6. The summed E-state index contributed by atoms with van der Waals surface area (Å²) in [4.78, 5) is 17.6. The third-order valence-electron chi connectivity index (χ3n) is 4.22. The van der Waals surface area contributed by atoms with Gasteiger partial charge in [-0.2, -0.15) is 10.1 Å². The lowest BCUT2D eigenvalue weighted by Crippen LogP contribution is -2.46. The Morgan fingerprint density at radius 2 is 1.88 bits per heavy atom. The Hall–Kier alpha value is -2.81. The largest absolute Gasteiger partial charge is 0.354 e. The summed E-state index contributed by atoms with van der Waals surface area (Å²) in [5, 5.41) is 8.24. The van der Waals surface area contributed by atoms with Crippen LogP contribution in [0.4, 0.5) is 5.82 Å². The molecule has 0 unspecified atom stereocenters. The van der Waals surface area contributed by atoms with Gasteiger partial charge in [-0.25, -0.2) is 14.6 Å². The Kier molecular flexibility index (Phi) is 4.14. The topological polar surface area (TPSA) is 89.0 Å². The molecule has 0 saturated carbocycles. The average Bonchev–Trinajstić information content (AvgIpc) is 3.24. The van der Waals surface area contributed by atoms with Crippen LogP contribution in [0.15, 0.2) is 29.2 Å². The zero-order valence-electron chi connectivity index (χ0n) is 14.3. The van der Waals surface area contributed by atoms with E-state index in [4.69, 9.17) is 4.52 Å². The van der Waals surface area contributed by atoms with Gasteiger partial charge in [-0.15, -0.1) is 0 Å². The molecule has 4 rings (SSSR count). The summed E-state index contributed by atoms with van der Waals surface area (Å²) in [6.45, 7) is 8.10. The normalized spacial score (nSPS) is 15.7. The predicted molar refractivity (Wildman–Crippen MR) is 90.4 cm³/mol. The molecule has 1 saturated heterocycles. The van der Waals surface area contributed by atoms with Gasteiger partial charge in [-0.05, 0) is 19.9 Å². The summed E-state index contributed by atoms with van der Waals surface area (Å²) in [5.41, 5.74) is 0.963. The van der Waals surface area contributed by atoms with E-state index in [0.717, 1.165) is 43.5 Å². The van der Waals surface area contributed by atoms with Gasteiger partial charge in [-0.3, -0.25) is 4.90 Å². The maximum absolute atomic E-state index is 5.20. The molecule has 1 aliphatic heterocycles. The molecular formula is C16H20N8O. The van der Waals surface area contributed by atoms with E-state index in [2.05, 4.69) is 35.0 Å². The van der Waals surface area contributed by atoms with Crippen LogP contribution in [0.25, 0.3) is 5.82 Å². The second-order valence-electron chi connectivity index (χ2n) is 6.13. The van der Waals surface area contributed by atoms with Crippen molar-refractivity contribution in [1.82, 2.24) is 34.8 Å². The Morgan fingerprint density at radius 1 is 1.08 bits per heavy atom. The fraction of sp³-hybridized carbons (Fsp3) is 0.438. The summed E-state index contributed by atoms with van der Waals surface area (Å²) in [6.07, 6.45) is 3.50. The quantitative estimate of drug-likeness (QED) is 0.694. The second kappa shape index (κ2) is 6.60. The summed E-state index contributed by atoms with van der Waals surface area (Å²) in [7, 11) is 0.